The van der Waals surface area contributed by atoms with Crippen LogP contribution in [-0.4, -0.2) is 38.2 Å². The highest BCUT2D eigenvalue weighted by molar-refractivity contribution is 5.29. The van der Waals surface area contributed by atoms with E-state index in [4.69, 9.17) is 4.74 Å². The van der Waals surface area contributed by atoms with E-state index in [0.717, 1.165) is 18.7 Å². The number of rotatable bonds is 7. The summed E-state index contributed by atoms with van der Waals surface area (Å²) in [6, 6.07) is 8.73. The third kappa shape index (κ3) is 4.51. The van der Waals surface area contributed by atoms with Crippen LogP contribution in [0.1, 0.15) is 38.8 Å². The molecular weight excluding hydrogens is 236 g/mol. The first-order valence-corrected chi connectivity index (χ1v) is 6.95. The van der Waals surface area contributed by atoms with Gasteiger partial charge in [0.1, 0.15) is 5.75 Å². The first-order valence-electron chi connectivity index (χ1n) is 6.95. The lowest BCUT2D eigenvalue weighted by molar-refractivity contribution is 0.183. The second-order valence-corrected chi connectivity index (χ2v) is 5.82. The predicted molar refractivity (Wildman–Crippen MR) is 81.8 cm³/mol. The Morgan fingerprint density at radius 1 is 1.21 bits per heavy atom. The highest BCUT2D eigenvalue weighted by Crippen LogP contribution is 2.21. The number of hydrogen-bond acceptors (Lipinski definition) is 3. The summed E-state index contributed by atoms with van der Waals surface area (Å²) in [5.41, 5.74) is 1.47. The van der Waals surface area contributed by atoms with E-state index in [1.807, 2.05) is 12.1 Å². The zero-order valence-electron chi connectivity index (χ0n) is 13.2. The monoisotopic (exact) mass is 264 g/mol. The largest absolute Gasteiger partial charge is 0.497 e. The van der Waals surface area contributed by atoms with Gasteiger partial charge in [-0.25, -0.2) is 0 Å². The maximum Gasteiger partial charge on any atom is 0.118 e. The Morgan fingerprint density at radius 2 is 1.79 bits per heavy atom. The van der Waals surface area contributed by atoms with Crippen molar-refractivity contribution in [2.24, 2.45) is 0 Å². The molecule has 0 radical (unpaired) electrons. The van der Waals surface area contributed by atoms with Gasteiger partial charge in [0.05, 0.1) is 7.11 Å². The van der Waals surface area contributed by atoms with E-state index in [1.165, 1.54) is 5.56 Å². The van der Waals surface area contributed by atoms with Crippen molar-refractivity contribution in [1.29, 1.82) is 0 Å². The molecule has 0 saturated heterocycles. The summed E-state index contributed by atoms with van der Waals surface area (Å²) in [6.45, 7) is 7.68. The standard InChI is InChI=1S/C16H28N2O/c1-7-15(17-12-16(2,3)18(4)5)13-8-10-14(19-6)11-9-13/h8-11,15,17H,7,12H2,1-6H3. The van der Waals surface area contributed by atoms with Crippen LogP contribution in [0.3, 0.4) is 0 Å². The Kier molecular flexibility index (Phi) is 5.83. The van der Waals surface area contributed by atoms with Crippen molar-refractivity contribution in [1.82, 2.24) is 10.2 Å². The molecule has 19 heavy (non-hydrogen) atoms. The van der Waals surface area contributed by atoms with Crippen molar-refractivity contribution in [2.45, 2.75) is 38.8 Å². The number of nitrogens with zero attached hydrogens (tertiary/aromatic N) is 1. The lowest BCUT2D eigenvalue weighted by atomic mass is 10.0. The van der Waals surface area contributed by atoms with Crippen molar-refractivity contribution in [3.8, 4) is 5.75 Å². The molecular formula is C16H28N2O. The van der Waals surface area contributed by atoms with E-state index in [1.54, 1.807) is 7.11 Å². The molecule has 3 heteroatoms. The van der Waals surface area contributed by atoms with Crippen LogP contribution in [0, 0.1) is 0 Å². The van der Waals surface area contributed by atoms with Gasteiger partial charge in [0.2, 0.25) is 0 Å². The molecule has 0 heterocycles. The molecule has 108 valence electrons. The van der Waals surface area contributed by atoms with Crippen LogP contribution < -0.4 is 10.1 Å². The minimum absolute atomic E-state index is 0.153. The molecule has 1 aromatic carbocycles. The average molecular weight is 264 g/mol. The quantitative estimate of drug-likeness (QED) is 0.819. The van der Waals surface area contributed by atoms with Crippen molar-refractivity contribution in [3.05, 3.63) is 29.8 Å². The molecule has 3 nitrogen and oxygen atoms in total. The van der Waals surface area contributed by atoms with E-state index in [-0.39, 0.29) is 5.54 Å². The van der Waals surface area contributed by atoms with Gasteiger partial charge in [-0.15, -0.1) is 0 Å². The Hall–Kier alpha value is -1.06. The molecule has 0 aromatic heterocycles. The second-order valence-electron chi connectivity index (χ2n) is 5.82. The average Bonchev–Trinajstić information content (AvgIpc) is 2.40. The smallest absolute Gasteiger partial charge is 0.118 e. The Balaban J connectivity index is 2.67. The fourth-order valence-corrected chi connectivity index (χ4v) is 1.87. The van der Waals surface area contributed by atoms with Crippen molar-refractivity contribution >= 4 is 0 Å². The van der Waals surface area contributed by atoms with Crippen molar-refractivity contribution in [2.75, 3.05) is 27.7 Å². The van der Waals surface area contributed by atoms with Gasteiger partial charge in [-0.05, 0) is 52.1 Å². The molecule has 1 N–H and O–H groups in total. The van der Waals surface area contributed by atoms with Gasteiger partial charge in [0.15, 0.2) is 0 Å². The summed E-state index contributed by atoms with van der Waals surface area (Å²) in [6.07, 6.45) is 1.08. The molecule has 0 fully saturated rings. The molecule has 0 aliphatic heterocycles. The SMILES string of the molecule is CCC(NCC(C)(C)N(C)C)c1ccc(OC)cc1. The molecule has 0 aliphatic rings. The predicted octanol–water partition coefficient (Wildman–Crippen LogP) is 3.08. The molecule has 0 spiro atoms. The summed E-state index contributed by atoms with van der Waals surface area (Å²) in [5, 5.41) is 3.66. The number of methoxy groups -OCH3 is 1. The zero-order chi connectivity index (χ0) is 14.5. The molecule has 1 atom stereocenters. The highest BCUT2D eigenvalue weighted by atomic mass is 16.5. The Bertz CT molecular complexity index is 371. The second kappa shape index (κ2) is 6.92. The van der Waals surface area contributed by atoms with Gasteiger partial charge in [0.25, 0.3) is 0 Å². The number of ether oxygens (including phenoxy) is 1. The van der Waals surface area contributed by atoms with Gasteiger partial charge < -0.3 is 15.0 Å². The topological polar surface area (TPSA) is 24.5 Å². The number of likely N-dealkylation sites (N-methyl/N-ethyl adjacent to an activating group) is 1. The third-order valence-electron chi connectivity index (χ3n) is 3.92. The van der Waals surface area contributed by atoms with E-state index in [0.29, 0.717) is 6.04 Å². The molecule has 1 unspecified atom stereocenters. The van der Waals surface area contributed by atoms with Gasteiger partial charge >= 0.3 is 0 Å². The van der Waals surface area contributed by atoms with Crippen molar-refractivity contribution < 1.29 is 4.74 Å². The molecule has 0 amide bonds. The molecule has 1 rings (SSSR count). The maximum absolute atomic E-state index is 5.20. The van der Waals surface area contributed by atoms with Crippen LogP contribution in [0.5, 0.6) is 5.75 Å². The van der Waals surface area contributed by atoms with Crippen LogP contribution in [-0.2, 0) is 0 Å². The third-order valence-corrected chi connectivity index (χ3v) is 3.92. The lowest BCUT2D eigenvalue weighted by Gasteiger charge is -2.34. The Labute approximate surface area is 118 Å². The highest BCUT2D eigenvalue weighted by Gasteiger charge is 2.21. The van der Waals surface area contributed by atoms with Gasteiger partial charge in [0, 0.05) is 18.1 Å². The summed E-state index contributed by atoms with van der Waals surface area (Å²) >= 11 is 0. The van der Waals surface area contributed by atoms with Gasteiger partial charge in [-0.1, -0.05) is 19.1 Å². The first-order chi connectivity index (χ1) is 8.90. The maximum atomic E-state index is 5.20. The minimum atomic E-state index is 0.153. The van der Waals surface area contributed by atoms with Crippen LogP contribution in [0.4, 0.5) is 0 Å². The van der Waals surface area contributed by atoms with E-state index in [9.17, 15) is 0 Å². The zero-order valence-corrected chi connectivity index (χ0v) is 13.2. The van der Waals surface area contributed by atoms with Crippen LogP contribution >= 0.6 is 0 Å². The van der Waals surface area contributed by atoms with Crippen LogP contribution in [0.25, 0.3) is 0 Å². The number of benzene rings is 1. The normalized spacial score (nSPS) is 13.6. The number of hydrogen-bond donors (Lipinski definition) is 1. The number of nitrogens with one attached hydrogen (secondary N) is 1. The molecule has 0 saturated carbocycles. The summed E-state index contributed by atoms with van der Waals surface area (Å²) in [5.74, 6) is 0.909. The summed E-state index contributed by atoms with van der Waals surface area (Å²) < 4.78 is 5.20. The molecule has 1 aromatic rings. The summed E-state index contributed by atoms with van der Waals surface area (Å²) in [4.78, 5) is 2.25. The first kappa shape index (κ1) is 16.0. The van der Waals surface area contributed by atoms with Crippen LogP contribution in [0.2, 0.25) is 0 Å². The van der Waals surface area contributed by atoms with E-state index in [2.05, 4.69) is 57.2 Å². The summed E-state index contributed by atoms with van der Waals surface area (Å²) in [7, 11) is 5.94. The van der Waals surface area contributed by atoms with Crippen molar-refractivity contribution in [3.63, 3.8) is 0 Å². The molecule has 0 aliphatic carbocycles. The van der Waals surface area contributed by atoms with E-state index < -0.39 is 0 Å². The van der Waals surface area contributed by atoms with Crippen LogP contribution in [0.15, 0.2) is 24.3 Å². The van der Waals surface area contributed by atoms with Gasteiger partial charge in [-0.3, -0.25) is 0 Å². The fraction of sp³-hybridized carbons (Fsp3) is 0.625. The van der Waals surface area contributed by atoms with Gasteiger partial charge in [-0.2, -0.15) is 0 Å². The lowest BCUT2D eigenvalue weighted by Crippen LogP contribution is -2.47. The molecule has 0 bridgehead atoms. The minimum Gasteiger partial charge on any atom is -0.497 e. The Morgan fingerprint density at radius 3 is 2.21 bits per heavy atom. The fourth-order valence-electron chi connectivity index (χ4n) is 1.87. The van der Waals surface area contributed by atoms with E-state index >= 15 is 0 Å².